The average molecular weight is 320 g/mol. The van der Waals surface area contributed by atoms with E-state index in [4.69, 9.17) is 0 Å². The maximum absolute atomic E-state index is 12.3. The van der Waals surface area contributed by atoms with E-state index in [1.807, 2.05) is 42.2 Å². The Morgan fingerprint density at radius 3 is 2.52 bits per heavy atom. The van der Waals surface area contributed by atoms with Crippen LogP contribution in [-0.2, 0) is 0 Å². The molecule has 2 atom stereocenters. The predicted octanol–water partition coefficient (Wildman–Crippen LogP) is 1.96. The lowest BCUT2D eigenvalue weighted by Crippen LogP contribution is -2.46. The summed E-state index contributed by atoms with van der Waals surface area (Å²) in [4.78, 5) is 14.1. The van der Waals surface area contributed by atoms with E-state index < -0.39 is 0 Å². The fourth-order valence-electron chi connectivity index (χ4n) is 3.17. The van der Waals surface area contributed by atoms with Gasteiger partial charge in [0.25, 0.3) is 0 Å². The monoisotopic (exact) mass is 320 g/mol. The number of amides is 2. The molecule has 1 saturated heterocycles. The number of nitrogens with one attached hydrogen (secondary N) is 1. The van der Waals surface area contributed by atoms with Crippen LogP contribution in [0.5, 0.6) is 0 Å². The van der Waals surface area contributed by atoms with Crippen molar-refractivity contribution in [3.63, 3.8) is 0 Å². The van der Waals surface area contributed by atoms with Gasteiger partial charge in [-0.3, -0.25) is 0 Å². The zero-order valence-corrected chi connectivity index (χ0v) is 13.8. The van der Waals surface area contributed by atoms with Crippen LogP contribution in [-0.4, -0.2) is 53.5 Å². The highest BCUT2D eigenvalue weighted by Gasteiger charge is 2.25. The van der Waals surface area contributed by atoms with Gasteiger partial charge in [-0.2, -0.15) is 0 Å². The molecule has 1 aliphatic heterocycles. The summed E-state index contributed by atoms with van der Waals surface area (Å²) in [6.45, 7) is 3.84. The lowest BCUT2D eigenvalue weighted by molar-refractivity contribution is 0.0797. The van der Waals surface area contributed by atoms with Crippen molar-refractivity contribution in [2.45, 2.75) is 38.2 Å². The molecule has 1 aromatic rings. The standard InChI is InChI=1S/C18H28N2O3/c1-14(22)15-7-10-20(11-8-15)18(23)19-13-17(9-12-21)16-5-3-2-4-6-16/h2-6,14-15,17,21-22H,7-13H2,1H3,(H,19,23). The lowest BCUT2D eigenvalue weighted by atomic mass is 9.92. The van der Waals surface area contributed by atoms with E-state index >= 15 is 0 Å². The second-order valence-electron chi connectivity index (χ2n) is 6.37. The van der Waals surface area contributed by atoms with Crippen LogP contribution in [0.2, 0.25) is 0 Å². The predicted molar refractivity (Wildman–Crippen MR) is 90.3 cm³/mol. The first-order valence-electron chi connectivity index (χ1n) is 8.48. The fourth-order valence-corrected chi connectivity index (χ4v) is 3.17. The molecule has 128 valence electrons. The second kappa shape index (κ2) is 8.89. The molecule has 1 fully saturated rings. The summed E-state index contributed by atoms with van der Waals surface area (Å²) in [6, 6.07) is 9.92. The number of likely N-dealkylation sites (tertiary alicyclic amines) is 1. The number of carbonyl (C=O) groups is 1. The Morgan fingerprint density at radius 2 is 1.96 bits per heavy atom. The minimum absolute atomic E-state index is 0.0482. The normalized spacial score (nSPS) is 18.5. The number of urea groups is 1. The Hall–Kier alpha value is -1.59. The van der Waals surface area contributed by atoms with Crippen molar-refractivity contribution in [1.82, 2.24) is 10.2 Å². The summed E-state index contributed by atoms with van der Waals surface area (Å²) in [5, 5.41) is 21.9. The molecule has 1 aliphatic rings. The van der Waals surface area contributed by atoms with Crippen molar-refractivity contribution < 1.29 is 15.0 Å². The Kier molecular flexibility index (Phi) is 6.86. The van der Waals surface area contributed by atoms with Crippen LogP contribution in [0.25, 0.3) is 0 Å². The molecule has 0 bridgehead atoms. The largest absolute Gasteiger partial charge is 0.396 e. The highest BCUT2D eigenvalue weighted by atomic mass is 16.3. The summed E-state index contributed by atoms with van der Waals surface area (Å²) in [5.74, 6) is 0.422. The first-order chi connectivity index (χ1) is 11.1. The minimum atomic E-state index is -0.299. The van der Waals surface area contributed by atoms with E-state index in [-0.39, 0.29) is 24.7 Å². The van der Waals surface area contributed by atoms with Crippen molar-refractivity contribution >= 4 is 6.03 Å². The number of piperidine rings is 1. The molecule has 3 N–H and O–H groups in total. The van der Waals surface area contributed by atoms with Gasteiger partial charge in [0.1, 0.15) is 0 Å². The van der Waals surface area contributed by atoms with Gasteiger partial charge >= 0.3 is 6.03 Å². The minimum Gasteiger partial charge on any atom is -0.396 e. The number of nitrogens with zero attached hydrogens (tertiary/aromatic N) is 1. The van der Waals surface area contributed by atoms with E-state index in [1.165, 1.54) is 0 Å². The van der Waals surface area contributed by atoms with Crippen LogP contribution in [0.1, 0.15) is 37.7 Å². The van der Waals surface area contributed by atoms with E-state index in [1.54, 1.807) is 0 Å². The van der Waals surface area contributed by atoms with E-state index in [0.717, 1.165) is 18.4 Å². The van der Waals surface area contributed by atoms with Gasteiger partial charge in [-0.15, -0.1) is 0 Å². The molecule has 2 unspecified atom stereocenters. The van der Waals surface area contributed by atoms with E-state index in [9.17, 15) is 15.0 Å². The Bertz CT molecular complexity index is 470. The van der Waals surface area contributed by atoms with Gasteiger partial charge < -0.3 is 20.4 Å². The van der Waals surface area contributed by atoms with Gasteiger partial charge in [0.15, 0.2) is 0 Å². The maximum Gasteiger partial charge on any atom is 0.317 e. The highest BCUT2D eigenvalue weighted by Crippen LogP contribution is 2.21. The lowest BCUT2D eigenvalue weighted by Gasteiger charge is -2.33. The van der Waals surface area contributed by atoms with Crippen molar-refractivity contribution in [3.05, 3.63) is 35.9 Å². The molecule has 5 heteroatoms. The molecule has 0 radical (unpaired) electrons. The SMILES string of the molecule is CC(O)C1CCN(C(=O)NCC(CCO)c2ccccc2)CC1. The van der Waals surface area contributed by atoms with Crippen LogP contribution < -0.4 is 5.32 Å². The summed E-state index contributed by atoms with van der Waals surface area (Å²) in [6.07, 6.45) is 2.04. The molecule has 0 aromatic heterocycles. The zero-order chi connectivity index (χ0) is 16.7. The van der Waals surface area contributed by atoms with Crippen molar-refractivity contribution in [2.75, 3.05) is 26.2 Å². The topological polar surface area (TPSA) is 72.8 Å². The van der Waals surface area contributed by atoms with Crippen LogP contribution in [0.4, 0.5) is 4.79 Å². The van der Waals surface area contributed by atoms with Crippen LogP contribution in [0, 0.1) is 5.92 Å². The first kappa shape index (κ1) is 17.8. The third-order valence-corrected chi connectivity index (χ3v) is 4.76. The Morgan fingerprint density at radius 1 is 1.30 bits per heavy atom. The molecular formula is C18H28N2O3. The molecule has 1 aromatic carbocycles. The van der Waals surface area contributed by atoms with E-state index in [2.05, 4.69) is 5.32 Å². The summed E-state index contributed by atoms with van der Waals surface area (Å²) < 4.78 is 0. The molecule has 0 spiro atoms. The van der Waals surface area contributed by atoms with Crippen molar-refractivity contribution in [3.8, 4) is 0 Å². The quantitative estimate of drug-likeness (QED) is 0.750. The number of hydrogen-bond acceptors (Lipinski definition) is 3. The molecule has 2 amide bonds. The third-order valence-electron chi connectivity index (χ3n) is 4.76. The van der Waals surface area contributed by atoms with Crippen molar-refractivity contribution in [1.29, 1.82) is 0 Å². The summed E-state index contributed by atoms with van der Waals surface area (Å²) >= 11 is 0. The maximum atomic E-state index is 12.3. The molecule has 23 heavy (non-hydrogen) atoms. The van der Waals surface area contributed by atoms with E-state index in [0.29, 0.717) is 32.0 Å². The second-order valence-corrected chi connectivity index (χ2v) is 6.37. The fraction of sp³-hybridized carbons (Fsp3) is 0.611. The molecule has 2 rings (SSSR count). The van der Waals surface area contributed by atoms with Gasteiger partial charge in [-0.1, -0.05) is 30.3 Å². The Labute approximate surface area is 138 Å². The number of aliphatic hydroxyl groups is 2. The average Bonchev–Trinajstić information content (AvgIpc) is 2.59. The van der Waals surface area contributed by atoms with Crippen LogP contribution >= 0.6 is 0 Å². The molecule has 1 heterocycles. The molecule has 0 saturated carbocycles. The molecule has 0 aliphatic carbocycles. The van der Waals surface area contributed by atoms with Crippen LogP contribution in [0.15, 0.2) is 30.3 Å². The number of aliphatic hydroxyl groups excluding tert-OH is 2. The smallest absolute Gasteiger partial charge is 0.317 e. The van der Waals surface area contributed by atoms with Crippen molar-refractivity contribution in [2.24, 2.45) is 5.92 Å². The van der Waals surface area contributed by atoms with Gasteiger partial charge in [-0.25, -0.2) is 4.79 Å². The third kappa shape index (κ3) is 5.22. The highest BCUT2D eigenvalue weighted by molar-refractivity contribution is 5.74. The Balaban J connectivity index is 1.83. The zero-order valence-electron chi connectivity index (χ0n) is 13.8. The summed E-state index contributed by atoms with van der Waals surface area (Å²) in [5.41, 5.74) is 1.13. The van der Waals surface area contributed by atoms with Gasteiger partial charge in [-0.05, 0) is 37.7 Å². The number of hydrogen-bond donors (Lipinski definition) is 3. The van der Waals surface area contributed by atoms with Gasteiger partial charge in [0, 0.05) is 32.2 Å². The summed E-state index contributed by atoms with van der Waals surface area (Å²) in [7, 11) is 0. The number of benzene rings is 1. The van der Waals surface area contributed by atoms with Gasteiger partial charge in [0.05, 0.1) is 6.10 Å². The number of carbonyl (C=O) groups excluding carboxylic acids is 1. The molecule has 5 nitrogen and oxygen atoms in total. The first-order valence-corrected chi connectivity index (χ1v) is 8.48. The van der Waals surface area contributed by atoms with Gasteiger partial charge in [0.2, 0.25) is 0 Å². The van der Waals surface area contributed by atoms with Crippen LogP contribution in [0.3, 0.4) is 0 Å². The molecular weight excluding hydrogens is 292 g/mol. The number of rotatable bonds is 6.